The van der Waals surface area contributed by atoms with Crippen molar-refractivity contribution in [3.05, 3.63) is 27.5 Å². The number of aromatic nitrogens is 5. The fourth-order valence-corrected chi connectivity index (χ4v) is 3.39. The standard InChI is InChI=1S/C15H13Br2N7O/c16-8-5-9(12(17)19-6-8)10-7-20-13-11(21-10)14(23-15(18)22-13)24-1-3-25-4-2-24/h5-7H,1-4H2,(H2,18,20,22,23). The molecule has 4 rings (SSSR count). The fourth-order valence-electron chi connectivity index (χ4n) is 2.64. The molecule has 0 saturated carbocycles. The van der Waals surface area contributed by atoms with E-state index in [0.29, 0.717) is 40.5 Å². The predicted molar refractivity (Wildman–Crippen MR) is 101 cm³/mol. The van der Waals surface area contributed by atoms with Gasteiger partial charge in [-0.25, -0.2) is 15.0 Å². The van der Waals surface area contributed by atoms with E-state index in [1.807, 2.05) is 6.07 Å². The molecule has 0 atom stereocenters. The van der Waals surface area contributed by atoms with E-state index in [1.165, 1.54) is 0 Å². The summed E-state index contributed by atoms with van der Waals surface area (Å²) in [5.74, 6) is 0.862. The van der Waals surface area contributed by atoms with Gasteiger partial charge >= 0.3 is 0 Å². The maximum atomic E-state index is 5.85. The van der Waals surface area contributed by atoms with E-state index >= 15 is 0 Å². The minimum Gasteiger partial charge on any atom is -0.378 e. The van der Waals surface area contributed by atoms with E-state index in [9.17, 15) is 0 Å². The maximum absolute atomic E-state index is 5.85. The van der Waals surface area contributed by atoms with Gasteiger partial charge in [-0.1, -0.05) is 0 Å². The minimum absolute atomic E-state index is 0.182. The lowest BCUT2D eigenvalue weighted by Crippen LogP contribution is -2.37. The van der Waals surface area contributed by atoms with Crippen LogP contribution >= 0.6 is 31.9 Å². The summed E-state index contributed by atoms with van der Waals surface area (Å²) < 4.78 is 6.96. The summed E-state index contributed by atoms with van der Waals surface area (Å²) in [6, 6.07) is 1.93. The lowest BCUT2D eigenvalue weighted by atomic mass is 10.2. The Bertz CT molecular complexity index is 947. The molecule has 1 aliphatic rings. The number of rotatable bonds is 2. The van der Waals surface area contributed by atoms with Crippen LogP contribution in [-0.2, 0) is 4.74 Å². The molecule has 3 aromatic heterocycles. The van der Waals surface area contributed by atoms with Crippen molar-refractivity contribution in [1.82, 2.24) is 24.9 Å². The zero-order valence-corrected chi connectivity index (χ0v) is 16.2. The van der Waals surface area contributed by atoms with Crippen molar-refractivity contribution in [2.75, 3.05) is 36.9 Å². The largest absolute Gasteiger partial charge is 0.378 e. The summed E-state index contributed by atoms with van der Waals surface area (Å²) in [4.78, 5) is 24.2. The summed E-state index contributed by atoms with van der Waals surface area (Å²) in [5, 5.41) is 0. The Balaban J connectivity index is 1.89. The molecule has 0 unspecified atom stereocenters. The number of fused-ring (bicyclic) bond motifs is 1. The summed E-state index contributed by atoms with van der Waals surface area (Å²) in [6.07, 6.45) is 3.37. The van der Waals surface area contributed by atoms with Gasteiger partial charge in [0.05, 0.1) is 25.1 Å². The Morgan fingerprint density at radius 3 is 2.64 bits per heavy atom. The summed E-state index contributed by atoms with van der Waals surface area (Å²) in [5.41, 5.74) is 8.44. The van der Waals surface area contributed by atoms with Crippen LogP contribution in [-0.4, -0.2) is 51.2 Å². The number of morpholine rings is 1. The van der Waals surface area contributed by atoms with Crippen LogP contribution in [0.3, 0.4) is 0 Å². The van der Waals surface area contributed by atoms with Crippen molar-refractivity contribution >= 4 is 54.8 Å². The molecule has 128 valence electrons. The first-order valence-corrected chi connectivity index (χ1v) is 9.15. The third kappa shape index (κ3) is 3.29. The van der Waals surface area contributed by atoms with Crippen molar-refractivity contribution in [3.8, 4) is 11.3 Å². The zero-order valence-electron chi connectivity index (χ0n) is 13.0. The first kappa shape index (κ1) is 16.6. The van der Waals surface area contributed by atoms with E-state index in [1.54, 1.807) is 12.4 Å². The second-order valence-electron chi connectivity index (χ2n) is 5.42. The van der Waals surface area contributed by atoms with Gasteiger partial charge in [0.1, 0.15) is 4.60 Å². The SMILES string of the molecule is Nc1nc(N2CCOCC2)c2nc(-c3cc(Br)cnc3Br)cnc2n1. The lowest BCUT2D eigenvalue weighted by Gasteiger charge is -2.28. The number of pyridine rings is 1. The zero-order chi connectivity index (χ0) is 17.4. The van der Waals surface area contributed by atoms with E-state index < -0.39 is 0 Å². The van der Waals surface area contributed by atoms with Crippen LogP contribution in [0.4, 0.5) is 11.8 Å². The van der Waals surface area contributed by atoms with E-state index in [-0.39, 0.29) is 5.95 Å². The average molecular weight is 467 g/mol. The van der Waals surface area contributed by atoms with Crippen molar-refractivity contribution in [2.24, 2.45) is 0 Å². The maximum Gasteiger partial charge on any atom is 0.224 e. The van der Waals surface area contributed by atoms with Gasteiger partial charge in [0, 0.05) is 29.3 Å². The Kier molecular flexibility index (Phi) is 4.48. The Morgan fingerprint density at radius 1 is 1.04 bits per heavy atom. The van der Waals surface area contributed by atoms with Crippen LogP contribution in [0.25, 0.3) is 22.4 Å². The second-order valence-corrected chi connectivity index (χ2v) is 7.09. The van der Waals surface area contributed by atoms with Crippen molar-refractivity contribution in [1.29, 1.82) is 0 Å². The normalized spacial score (nSPS) is 14.9. The topological polar surface area (TPSA) is 103 Å². The van der Waals surface area contributed by atoms with Crippen molar-refractivity contribution < 1.29 is 4.74 Å². The minimum atomic E-state index is 0.182. The summed E-state index contributed by atoms with van der Waals surface area (Å²) in [7, 11) is 0. The number of hydrogen-bond acceptors (Lipinski definition) is 8. The number of hydrogen-bond donors (Lipinski definition) is 1. The molecule has 0 spiro atoms. The smallest absolute Gasteiger partial charge is 0.224 e. The second kappa shape index (κ2) is 6.77. The summed E-state index contributed by atoms with van der Waals surface area (Å²) in [6.45, 7) is 2.72. The third-order valence-electron chi connectivity index (χ3n) is 3.80. The molecular formula is C15H13Br2N7O. The van der Waals surface area contributed by atoms with Crippen molar-refractivity contribution in [2.45, 2.75) is 0 Å². The first-order valence-electron chi connectivity index (χ1n) is 7.56. The number of nitrogens with two attached hydrogens (primary N) is 1. The number of halogens is 2. The highest BCUT2D eigenvalue weighted by atomic mass is 79.9. The molecule has 1 saturated heterocycles. The monoisotopic (exact) mass is 465 g/mol. The molecule has 1 fully saturated rings. The van der Waals surface area contributed by atoms with Crippen molar-refractivity contribution in [3.63, 3.8) is 0 Å². The van der Waals surface area contributed by atoms with Gasteiger partial charge in [0.2, 0.25) is 5.95 Å². The van der Waals surface area contributed by atoms with Crippen LogP contribution in [0.1, 0.15) is 0 Å². The molecule has 1 aliphatic heterocycles. The molecule has 8 nitrogen and oxygen atoms in total. The van der Waals surface area contributed by atoms with Crippen LogP contribution < -0.4 is 10.6 Å². The highest BCUT2D eigenvalue weighted by Gasteiger charge is 2.19. The highest BCUT2D eigenvalue weighted by Crippen LogP contribution is 2.30. The third-order valence-corrected chi connectivity index (χ3v) is 4.86. The number of ether oxygens (including phenoxy) is 1. The molecule has 10 heteroatoms. The molecule has 3 aromatic rings. The quantitative estimate of drug-likeness (QED) is 0.574. The molecule has 4 heterocycles. The molecule has 0 amide bonds. The van der Waals surface area contributed by atoms with Gasteiger partial charge in [-0.3, -0.25) is 0 Å². The summed E-state index contributed by atoms with van der Waals surface area (Å²) >= 11 is 6.90. The highest BCUT2D eigenvalue weighted by molar-refractivity contribution is 9.11. The molecule has 0 bridgehead atoms. The van der Waals surface area contributed by atoms with E-state index in [4.69, 9.17) is 15.5 Å². The Labute approximate surface area is 160 Å². The molecule has 0 aromatic carbocycles. The van der Waals surface area contributed by atoms with Gasteiger partial charge in [0.15, 0.2) is 17.0 Å². The predicted octanol–water partition coefficient (Wildman–Crippen LogP) is 2.43. The molecular weight excluding hydrogens is 454 g/mol. The molecule has 0 radical (unpaired) electrons. The average Bonchev–Trinajstić information content (AvgIpc) is 2.63. The molecule has 0 aliphatic carbocycles. The van der Waals surface area contributed by atoms with Crippen LogP contribution in [0.15, 0.2) is 27.5 Å². The van der Waals surface area contributed by atoms with Gasteiger partial charge in [-0.15, -0.1) is 0 Å². The lowest BCUT2D eigenvalue weighted by molar-refractivity contribution is 0.122. The number of nitrogens with zero attached hydrogens (tertiary/aromatic N) is 6. The van der Waals surface area contributed by atoms with E-state index in [2.05, 4.69) is 56.7 Å². The van der Waals surface area contributed by atoms with Gasteiger partial charge in [-0.05, 0) is 37.9 Å². The van der Waals surface area contributed by atoms with Gasteiger partial charge in [-0.2, -0.15) is 9.97 Å². The number of anilines is 2. The number of nitrogen functional groups attached to an aromatic ring is 1. The van der Waals surface area contributed by atoms with Gasteiger partial charge in [0.25, 0.3) is 0 Å². The molecule has 2 N–H and O–H groups in total. The van der Waals surface area contributed by atoms with Crippen LogP contribution in [0, 0.1) is 0 Å². The first-order chi connectivity index (χ1) is 12.1. The Morgan fingerprint density at radius 2 is 1.84 bits per heavy atom. The van der Waals surface area contributed by atoms with Crippen LogP contribution in [0.2, 0.25) is 0 Å². The van der Waals surface area contributed by atoms with Crippen LogP contribution in [0.5, 0.6) is 0 Å². The fraction of sp³-hybridized carbons (Fsp3) is 0.267. The molecule has 25 heavy (non-hydrogen) atoms. The van der Waals surface area contributed by atoms with E-state index in [0.717, 1.165) is 23.1 Å². The van der Waals surface area contributed by atoms with Gasteiger partial charge < -0.3 is 15.4 Å². The Hall–Kier alpha value is -1.91.